The lowest BCUT2D eigenvalue weighted by Gasteiger charge is -2.09. The maximum Gasteiger partial charge on any atom is 0.319 e. The molecule has 7 nitrogen and oxygen atoms in total. The predicted octanol–water partition coefficient (Wildman–Crippen LogP) is 4.02. The van der Waals surface area contributed by atoms with Crippen molar-refractivity contribution >= 4 is 17.5 Å². The molecule has 0 unspecified atom stereocenters. The molecule has 3 aromatic rings. The molecule has 0 spiro atoms. The second-order valence-corrected chi connectivity index (χ2v) is 5.69. The Bertz CT molecular complexity index is 869. The highest BCUT2D eigenvalue weighted by atomic mass is 16.5. The van der Waals surface area contributed by atoms with Crippen LogP contribution in [0.25, 0.3) is 0 Å². The first-order valence-corrected chi connectivity index (χ1v) is 8.65. The number of carbonyl (C=O) groups is 1. The minimum atomic E-state index is -0.265. The molecule has 7 heteroatoms. The molecular weight excluding hydrogens is 342 g/mol. The van der Waals surface area contributed by atoms with Crippen LogP contribution in [0.3, 0.4) is 0 Å². The fraction of sp³-hybridized carbons (Fsp3) is 0.150. The van der Waals surface area contributed by atoms with Gasteiger partial charge < -0.3 is 20.7 Å². The second kappa shape index (κ2) is 9.19. The van der Waals surface area contributed by atoms with Crippen molar-refractivity contribution in [1.29, 1.82) is 0 Å². The van der Waals surface area contributed by atoms with Crippen molar-refractivity contribution in [2.75, 3.05) is 17.2 Å². The topological polar surface area (TPSA) is 88.2 Å². The van der Waals surface area contributed by atoms with Crippen LogP contribution in [0.5, 0.6) is 11.6 Å². The summed E-state index contributed by atoms with van der Waals surface area (Å²) in [7, 11) is 0. The first kappa shape index (κ1) is 18.2. The van der Waals surface area contributed by atoms with Gasteiger partial charge in [-0.05, 0) is 36.8 Å². The molecule has 1 aromatic heterocycles. The summed E-state index contributed by atoms with van der Waals surface area (Å²) in [6.07, 6.45) is 1.44. The molecule has 0 saturated carbocycles. The monoisotopic (exact) mass is 363 g/mol. The van der Waals surface area contributed by atoms with E-state index < -0.39 is 0 Å². The first-order chi connectivity index (χ1) is 13.2. The van der Waals surface area contributed by atoms with E-state index >= 15 is 0 Å². The number of nitrogens with zero attached hydrogens (tertiary/aromatic N) is 2. The third-order valence-electron chi connectivity index (χ3n) is 3.63. The van der Waals surface area contributed by atoms with E-state index in [0.29, 0.717) is 29.7 Å². The Morgan fingerprint density at radius 1 is 1.04 bits per heavy atom. The SMILES string of the molecule is CCNc1cc(Oc2ccc(NC(=O)NCc3ccccc3)cc2)ncn1. The van der Waals surface area contributed by atoms with Crippen molar-refractivity contribution in [1.82, 2.24) is 15.3 Å². The van der Waals surface area contributed by atoms with Gasteiger partial charge in [0.1, 0.15) is 17.9 Å². The number of ether oxygens (including phenoxy) is 1. The van der Waals surface area contributed by atoms with Gasteiger partial charge in [0.05, 0.1) is 0 Å². The van der Waals surface area contributed by atoms with Crippen molar-refractivity contribution in [2.24, 2.45) is 0 Å². The van der Waals surface area contributed by atoms with Gasteiger partial charge in [0.25, 0.3) is 0 Å². The van der Waals surface area contributed by atoms with Crippen molar-refractivity contribution < 1.29 is 9.53 Å². The van der Waals surface area contributed by atoms with Crippen molar-refractivity contribution in [2.45, 2.75) is 13.5 Å². The molecule has 0 aliphatic carbocycles. The Morgan fingerprint density at radius 2 is 1.81 bits per heavy atom. The number of hydrogen-bond donors (Lipinski definition) is 3. The molecule has 0 bridgehead atoms. The lowest BCUT2D eigenvalue weighted by atomic mass is 10.2. The van der Waals surface area contributed by atoms with Gasteiger partial charge >= 0.3 is 6.03 Å². The molecule has 0 saturated heterocycles. The van der Waals surface area contributed by atoms with Crippen LogP contribution in [0.15, 0.2) is 67.0 Å². The highest BCUT2D eigenvalue weighted by molar-refractivity contribution is 5.89. The summed E-state index contributed by atoms with van der Waals surface area (Å²) in [6, 6.07) is 18.3. The fourth-order valence-electron chi connectivity index (χ4n) is 2.35. The van der Waals surface area contributed by atoms with Crippen LogP contribution in [0.2, 0.25) is 0 Å². The zero-order valence-corrected chi connectivity index (χ0v) is 15.0. The number of benzene rings is 2. The Morgan fingerprint density at radius 3 is 2.56 bits per heavy atom. The molecule has 0 aliphatic heterocycles. The molecule has 2 amide bonds. The van der Waals surface area contributed by atoms with Crippen molar-refractivity contribution in [3.05, 3.63) is 72.6 Å². The maximum absolute atomic E-state index is 12.0. The number of nitrogens with one attached hydrogen (secondary N) is 3. The van der Waals surface area contributed by atoms with Gasteiger partial charge in [-0.1, -0.05) is 30.3 Å². The van der Waals surface area contributed by atoms with Crippen molar-refractivity contribution in [3.8, 4) is 11.6 Å². The average Bonchev–Trinajstić information content (AvgIpc) is 2.69. The van der Waals surface area contributed by atoms with Crippen LogP contribution in [0.1, 0.15) is 12.5 Å². The van der Waals surface area contributed by atoms with Gasteiger partial charge in [0, 0.05) is 24.8 Å². The molecule has 3 N–H and O–H groups in total. The molecule has 0 atom stereocenters. The Balaban J connectivity index is 1.52. The first-order valence-electron chi connectivity index (χ1n) is 8.65. The summed E-state index contributed by atoms with van der Waals surface area (Å²) in [5.74, 6) is 1.77. The number of aromatic nitrogens is 2. The molecule has 2 aromatic carbocycles. The Labute approximate surface area is 157 Å². The quantitative estimate of drug-likeness (QED) is 0.590. The van der Waals surface area contributed by atoms with E-state index in [9.17, 15) is 4.79 Å². The third kappa shape index (κ3) is 5.71. The van der Waals surface area contributed by atoms with Gasteiger partial charge in [-0.2, -0.15) is 0 Å². The van der Waals surface area contributed by atoms with E-state index in [4.69, 9.17) is 4.74 Å². The molecule has 0 aliphatic rings. The average molecular weight is 363 g/mol. The van der Waals surface area contributed by atoms with Crippen LogP contribution in [0, 0.1) is 0 Å². The van der Waals surface area contributed by atoms with Crippen LogP contribution in [0.4, 0.5) is 16.3 Å². The number of rotatable bonds is 7. The molecule has 138 valence electrons. The largest absolute Gasteiger partial charge is 0.439 e. The molecule has 27 heavy (non-hydrogen) atoms. The number of anilines is 2. The standard InChI is InChI=1S/C20H21N5O2/c1-2-21-18-12-19(24-14-23-18)27-17-10-8-16(9-11-17)25-20(26)22-13-15-6-4-3-5-7-15/h3-12,14H,2,13H2,1H3,(H,21,23,24)(H2,22,25,26). The van der Waals surface area contributed by atoms with Gasteiger partial charge in [0.15, 0.2) is 0 Å². The zero-order valence-electron chi connectivity index (χ0n) is 15.0. The summed E-state index contributed by atoms with van der Waals surface area (Å²) in [5, 5.41) is 8.71. The third-order valence-corrected chi connectivity index (χ3v) is 3.63. The summed E-state index contributed by atoms with van der Waals surface area (Å²) in [6.45, 7) is 3.23. The Kier molecular flexibility index (Phi) is 6.19. The summed E-state index contributed by atoms with van der Waals surface area (Å²) >= 11 is 0. The minimum absolute atomic E-state index is 0.265. The molecule has 1 heterocycles. The zero-order chi connectivity index (χ0) is 18.9. The normalized spacial score (nSPS) is 10.1. The Hall–Kier alpha value is -3.61. The molecule has 3 rings (SSSR count). The number of urea groups is 1. The lowest BCUT2D eigenvalue weighted by Crippen LogP contribution is -2.28. The highest BCUT2D eigenvalue weighted by Crippen LogP contribution is 2.22. The summed E-state index contributed by atoms with van der Waals surface area (Å²) < 4.78 is 5.71. The van der Waals surface area contributed by atoms with E-state index in [-0.39, 0.29) is 6.03 Å². The predicted molar refractivity (Wildman–Crippen MR) is 105 cm³/mol. The van der Waals surface area contributed by atoms with E-state index in [1.54, 1.807) is 30.3 Å². The molecule has 0 radical (unpaired) electrons. The van der Waals surface area contributed by atoms with Crippen LogP contribution in [-0.2, 0) is 6.54 Å². The van der Waals surface area contributed by atoms with Crippen LogP contribution in [-0.4, -0.2) is 22.5 Å². The van der Waals surface area contributed by atoms with Gasteiger partial charge in [-0.25, -0.2) is 14.8 Å². The molecular formula is C20H21N5O2. The second-order valence-electron chi connectivity index (χ2n) is 5.69. The van der Waals surface area contributed by atoms with E-state index in [1.165, 1.54) is 6.33 Å². The van der Waals surface area contributed by atoms with E-state index in [2.05, 4.69) is 25.9 Å². The highest BCUT2D eigenvalue weighted by Gasteiger charge is 2.04. The number of amides is 2. The number of hydrogen-bond acceptors (Lipinski definition) is 5. The van der Waals surface area contributed by atoms with Crippen LogP contribution < -0.4 is 20.7 Å². The smallest absolute Gasteiger partial charge is 0.319 e. The maximum atomic E-state index is 12.0. The molecule has 0 fully saturated rings. The van der Waals surface area contributed by atoms with E-state index in [1.807, 2.05) is 37.3 Å². The van der Waals surface area contributed by atoms with Crippen molar-refractivity contribution in [3.63, 3.8) is 0 Å². The van der Waals surface area contributed by atoms with Gasteiger partial charge in [0.2, 0.25) is 5.88 Å². The van der Waals surface area contributed by atoms with Crippen LogP contribution >= 0.6 is 0 Å². The van der Waals surface area contributed by atoms with Gasteiger partial charge in [-0.3, -0.25) is 0 Å². The lowest BCUT2D eigenvalue weighted by molar-refractivity contribution is 0.251. The summed E-state index contributed by atoms with van der Waals surface area (Å²) in [4.78, 5) is 20.2. The fourth-order valence-corrected chi connectivity index (χ4v) is 2.35. The minimum Gasteiger partial charge on any atom is -0.439 e. The summed E-state index contributed by atoms with van der Waals surface area (Å²) in [5.41, 5.74) is 1.71. The number of carbonyl (C=O) groups excluding carboxylic acids is 1. The van der Waals surface area contributed by atoms with Gasteiger partial charge in [-0.15, -0.1) is 0 Å². The van der Waals surface area contributed by atoms with E-state index in [0.717, 1.165) is 12.1 Å².